The number of rotatable bonds is 8. The fourth-order valence-corrected chi connectivity index (χ4v) is 1.77. The van der Waals surface area contributed by atoms with Gasteiger partial charge in [-0.2, -0.15) is 0 Å². The van der Waals surface area contributed by atoms with Crippen LogP contribution in [0.2, 0.25) is 0 Å². The van der Waals surface area contributed by atoms with Crippen LogP contribution in [0.25, 0.3) is 6.08 Å². The average Bonchev–Trinajstić information content (AvgIpc) is 2.59. The van der Waals surface area contributed by atoms with Crippen molar-refractivity contribution in [3.8, 4) is 5.75 Å². The molecule has 0 radical (unpaired) electrons. The summed E-state index contributed by atoms with van der Waals surface area (Å²) in [5, 5.41) is 4.66. The first-order valence-electron chi connectivity index (χ1n) is 8.13. The maximum absolute atomic E-state index is 11.7. The van der Waals surface area contributed by atoms with Crippen molar-refractivity contribution < 1.29 is 23.9 Å². The van der Waals surface area contributed by atoms with Gasteiger partial charge in [0.2, 0.25) is 0 Å². The minimum atomic E-state index is -0.697. The molecule has 0 aliphatic heterocycles. The molecule has 0 unspecified atom stereocenters. The molecule has 1 rings (SSSR count). The molecule has 1 aromatic carbocycles. The highest BCUT2D eigenvalue weighted by Crippen LogP contribution is 2.19. The third-order valence-corrected chi connectivity index (χ3v) is 3.21. The van der Waals surface area contributed by atoms with Gasteiger partial charge in [0, 0.05) is 17.7 Å². The number of urea groups is 1. The van der Waals surface area contributed by atoms with Gasteiger partial charge in [-0.3, -0.25) is 10.1 Å². The number of ether oxygens (including phenoxy) is 2. The monoisotopic (exact) mass is 348 g/mol. The maximum Gasteiger partial charge on any atom is 0.331 e. The van der Waals surface area contributed by atoms with Crippen LogP contribution in [0.4, 0.5) is 4.79 Å². The third kappa shape index (κ3) is 8.01. The van der Waals surface area contributed by atoms with Crippen molar-refractivity contribution in [1.82, 2.24) is 10.6 Å². The average molecular weight is 348 g/mol. The number of esters is 1. The Balaban J connectivity index is 2.44. The minimum absolute atomic E-state index is 0.0521. The van der Waals surface area contributed by atoms with E-state index in [0.29, 0.717) is 12.4 Å². The van der Waals surface area contributed by atoms with E-state index in [-0.39, 0.29) is 6.04 Å². The summed E-state index contributed by atoms with van der Waals surface area (Å²) >= 11 is 0. The van der Waals surface area contributed by atoms with Crippen LogP contribution in [0.3, 0.4) is 0 Å². The Hall–Kier alpha value is -2.83. The lowest BCUT2D eigenvalue weighted by Crippen LogP contribution is -2.44. The molecule has 1 aromatic rings. The van der Waals surface area contributed by atoms with E-state index in [9.17, 15) is 14.4 Å². The zero-order chi connectivity index (χ0) is 18.7. The highest BCUT2D eigenvalue weighted by molar-refractivity contribution is 5.96. The van der Waals surface area contributed by atoms with Crippen molar-refractivity contribution in [2.24, 2.45) is 0 Å². The summed E-state index contributed by atoms with van der Waals surface area (Å²) in [5.74, 6) is -0.741. The van der Waals surface area contributed by atoms with Gasteiger partial charge in [-0.25, -0.2) is 9.59 Å². The van der Waals surface area contributed by atoms with Crippen molar-refractivity contribution in [1.29, 1.82) is 0 Å². The van der Waals surface area contributed by atoms with Crippen molar-refractivity contribution in [2.75, 3.05) is 13.2 Å². The second kappa shape index (κ2) is 10.9. The number of hydrogen-bond acceptors (Lipinski definition) is 5. The second-order valence-electron chi connectivity index (χ2n) is 5.24. The van der Waals surface area contributed by atoms with Crippen LogP contribution in [0.1, 0.15) is 32.8 Å². The lowest BCUT2D eigenvalue weighted by atomic mass is 10.2. The molecule has 0 aliphatic carbocycles. The molecule has 2 N–H and O–H groups in total. The summed E-state index contributed by atoms with van der Waals surface area (Å²) < 4.78 is 10.2. The van der Waals surface area contributed by atoms with E-state index in [1.54, 1.807) is 18.2 Å². The highest BCUT2D eigenvalue weighted by Gasteiger charge is 2.11. The SMILES string of the molecule is CCOc1ccccc1/C=C/C(=O)OCC(=O)NC(=O)N[C@H](C)CC. The van der Waals surface area contributed by atoms with Gasteiger partial charge in [-0.15, -0.1) is 0 Å². The predicted octanol–water partition coefficient (Wildman–Crippen LogP) is 2.27. The number of nitrogens with one attached hydrogen (secondary N) is 2. The topological polar surface area (TPSA) is 93.7 Å². The molecule has 136 valence electrons. The first-order chi connectivity index (χ1) is 12.0. The Kier molecular flexibility index (Phi) is 8.78. The summed E-state index contributed by atoms with van der Waals surface area (Å²) in [6, 6.07) is 6.56. The summed E-state index contributed by atoms with van der Waals surface area (Å²) in [6.07, 6.45) is 3.48. The van der Waals surface area contributed by atoms with Crippen LogP contribution in [-0.2, 0) is 14.3 Å². The highest BCUT2D eigenvalue weighted by atomic mass is 16.5. The number of amides is 3. The van der Waals surface area contributed by atoms with Crippen molar-refractivity contribution in [2.45, 2.75) is 33.2 Å². The molecule has 25 heavy (non-hydrogen) atoms. The Morgan fingerprint density at radius 1 is 1.20 bits per heavy atom. The van der Waals surface area contributed by atoms with Crippen LogP contribution in [0.5, 0.6) is 5.75 Å². The number of carbonyl (C=O) groups is 3. The van der Waals surface area contributed by atoms with Gasteiger partial charge in [0.25, 0.3) is 5.91 Å². The van der Waals surface area contributed by atoms with Crippen LogP contribution < -0.4 is 15.4 Å². The Morgan fingerprint density at radius 3 is 2.60 bits per heavy atom. The summed E-state index contributed by atoms with van der Waals surface area (Å²) in [5.41, 5.74) is 0.721. The minimum Gasteiger partial charge on any atom is -0.493 e. The molecule has 0 saturated heterocycles. The van der Waals surface area contributed by atoms with Crippen molar-refractivity contribution in [3.05, 3.63) is 35.9 Å². The Morgan fingerprint density at radius 2 is 1.92 bits per heavy atom. The third-order valence-electron chi connectivity index (χ3n) is 3.21. The van der Waals surface area contributed by atoms with Crippen LogP contribution in [0.15, 0.2) is 30.3 Å². The van der Waals surface area contributed by atoms with E-state index in [2.05, 4.69) is 10.6 Å². The molecule has 0 fully saturated rings. The Bertz CT molecular complexity index is 628. The quantitative estimate of drug-likeness (QED) is 0.555. The molecule has 0 saturated carbocycles. The summed E-state index contributed by atoms with van der Waals surface area (Å²) in [7, 11) is 0. The summed E-state index contributed by atoms with van der Waals surface area (Å²) in [6.45, 7) is 5.56. The molecule has 0 aliphatic rings. The molecule has 7 heteroatoms. The van der Waals surface area contributed by atoms with Crippen LogP contribution in [-0.4, -0.2) is 37.2 Å². The molecular weight excluding hydrogens is 324 g/mol. The zero-order valence-electron chi connectivity index (χ0n) is 14.7. The lowest BCUT2D eigenvalue weighted by Gasteiger charge is -2.11. The molecule has 7 nitrogen and oxygen atoms in total. The molecule has 0 bridgehead atoms. The molecule has 0 aromatic heterocycles. The number of hydrogen-bond donors (Lipinski definition) is 2. The van der Waals surface area contributed by atoms with Gasteiger partial charge in [0.1, 0.15) is 5.75 Å². The standard InChI is InChI=1S/C18H24N2O5/c1-4-13(3)19-18(23)20-16(21)12-25-17(22)11-10-14-8-6-7-9-15(14)24-5-2/h6-11,13H,4-5,12H2,1-3H3,(H2,19,20,21,23)/b11-10+/t13-/m1/s1. The zero-order valence-corrected chi connectivity index (χ0v) is 14.7. The number of carbonyl (C=O) groups excluding carboxylic acids is 3. The largest absolute Gasteiger partial charge is 0.493 e. The van der Waals surface area contributed by atoms with Gasteiger partial charge in [0.15, 0.2) is 6.61 Å². The van der Waals surface area contributed by atoms with E-state index in [4.69, 9.17) is 9.47 Å². The fraction of sp³-hybridized carbons (Fsp3) is 0.389. The van der Waals surface area contributed by atoms with Gasteiger partial charge >= 0.3 is 12.0 Å². The number of benzene rings is 1. The van der Waals surface area contributed by atoms with Gasteiger partial charge in [-0.05, 0) is 32.4 Å². The van der Waals surface area contributed by atoms with Gasteiger partial charge in [0.05, 0.1) is 6.61 Å². The number of imide groups is 1. The molecule has 1 atom stereocenters. The smallest absolute Gasteiger partial charge is 0.331 e. The number of para-hydroxylation sites is 1. The molecule has 3 amide bonds. The predicted molar refractivity (Wildman–Crippen MR) is 94.0 cm³/mol. The Labute approximate surface area is 147 Å². The lowest BCUT2D eigenvalue weighted by molar-refractivity contribution is -0.143. The van der Waals surface area contributed by atoms with Crippen molar-refractivity contribution in [3.63, 3.8) is 0 Å². The van der Waals surface area contributed by atoms with Crippen LogP contribution >= 0.6 is 0 Å². The first-order valence-corrected chi connectivity index (χ1v) is 8.13. The molecule has 0 spiro atoms. The van der Waals surface area contributed by atoms with E-state index >= 15 is 0 Å². The van der Waals surface area contributed by atoms with E-state index < -0.39 is 24.5 Å². The van der Waals surface area contributed by atoms with Gasteiger partial charge in [-0.1, -0.05) is 25.1 Å². The van der Waals surface area contributed by atoms with Gasteiger partial charge < -0.3 is 14.8 Å². The maximum atomic E-state index is 11.7. The molecular formula is C18H24N2O5. The second-order valence-corrected chi connectivity index (χ2v) is 5.24. The molecule has 0 heterocycles. The fourth-order valence-electron chi connectivity index (χ4n) is 1.77. The first kappa shape index (κ1) is 20.2. The van der Waals surface area contributed by atoms with E-state index in [1.807, 2.05) is 32.9 Å². The van der Waals surface area contributed by atoms with E-state index in [0.717, 1.165) is 12.0 Å². The van der Waals surface area contributed by atoms with Crippen molar-refractivity contribution >= 4 is 24.0 Å². The summed E-state index contributed by atoms with van der Waals surface area (Å²) in [4.78, 5) is 34.7. The van der Waals surface area contributed by atoms with E-state index in [1.165, 1.54) is 6.08 Å². The van der Waals surface area contributed by atoms with Crippen LogP contribution in [0, 0.1) is 0 Å². The normalized spacial score (nSPS) is 11.6.